The van der Waals surface area contributed by atoms with Crippen LogP contribution in [0, 0.1) is 5.92 Å². The molecule has 0 saturated carbocycles. The average molecular weight is 284 g/mol. The first kappa shape index (κ1) is 14.0. The minimum absolute atomic E-state index is 0.194. The van der Waals surface area contributed by atoms with Gasteiger partial charge in [0.2, 0.25) is 5.28 Å². The summed E-state index contributed by atoms with van der Waals surface area (Å²) in [6, 6.07) is 0. The van der Waals surface area contributed by atoms with E-state index >= 15 is 0 Å². The Kier molecular flexibility index (Phi) is 4.93. The van der Waals surface area contributed by atoms with Gasteiger partial charge in [0.1, 0.15) is 5.82 Å². The Morgan fingerprint density at radius 1 is 1.37 bits per heavy atom. The van der Waals surface area contributed by atoms with Gasteiger partial charge in [0, 0.05) is 13.2 Å². The molecule has 0 fully saturated rings. The molecule has 0 spiro atoms. The lowest BCUT2D eigenvalue weighted by Gasteiger charge is -2.08. The molecule has 6 nitrogen and oxygen atoms in total. The Morgan fingerprint density at radius 2 is 2.21 bits per heavy atom. The SMILES string of the molecule is CC(C)CCOCCNc1nc(Cl)nc2[nH]ncc12. The summed E-state index contributed by atoms with van der Waals surface area (Å²) in [6.45, 7) is 6.45. The maximum absolute atomic E-state index is 5.84. The van der Waals surface area contributed by atoms with E-state index in [0.717, 1.165) is 18.4 Å². The van der Waals surface area contributed by atoms with Crippen LogP contribution in [-0.2, 0) is 4.74 Å². The third-order valence-electron chi connectivity index (χ3n) is 2.66. The van der Waals surface area contributed by atoms with Gasteiger partial charge >= 0.3 is 0 Å². The first-order valence-corrected chi connectivity index (χ1v) is 6.73. The Bertz CT molecular complexity index is 528. The average Bonchev–Trinajstić information content (AvgIpc) is 2.80. The van der Waals surface area contributed by atoms with Crippen molar-refractivity contribution in [1.29, 1.82) is 0 Å². The molecule has 0 saturated heterocycles. The highest BCUT2D eigenvalue weighted by Crippen LogP contribution is 2.19. The molecule has 19 heavy (non-hydrogen) atoms. The number of hydrogen-bond acceptors (Lipinski definition) is 5. The van der Waals surface area contributed by atoms with Crippen LogP contribution in [0.15, 0.2) is 6.20 Å². The van der Waals surface area contributed by atoms with Crippen LogP contribution in [0.1, 0.15) is 20.3 Å². The third-order valence-corrected chi connectivity index (χ3v) is 2.83. The number of aromatic nitrogens is 4. The van der Waals surface area contributed by atoms with Crippen molar-refractivity contribution in [2.24, 2.45) is 5.92 Å². The van der Waals surface area contributed by atoms with E-state index in [-0.39, 0.29) is 5.28 Å². The van der Waals surface area contributed by atoms with E-state index in [4.69, 9.17) is 16.3 Å². The molecule has 2 aromatic rings. The zero-order valence-electron chi connectivity index (χ0n) is 11.1. The van der Waals surface area contributed by atoms with Gasteiger partial charge in [-0.3, -0.25) is 5.10 Å². The number of nitrogens with one attached hydrogen (secondary N) is 2. The van der Waals surface area contributed by atoms with E-state index < -0.39 is 0 Å². The minimum Gasteiger partial charge on any atom is -0.380 e. The first-order chi connectivity index (χ1) is 9.16. The predicted molar refractivity (Wildman–Crippen MR) is 75.5 cm³/mol. The van der Waals surface area contributed by atoms with Gasteiger partial charge in [0.15, 0.2) is 5.65 Å². The van der Waals surface area contributed by atoms with Crippen molar-refractivity contribution in [1.82, 2.24) is 20.2 Å². The first-order valence-electron chi connectivity index (χ1n) is 6.35. The number of fused-ring (bicyclic) bond motifs is 1. The van der Waals surface area contributed by atoms with Crippen LogP contribution in [0.2, 0.25) is 5.28 Å². The van der Waals surface area contributed by atoms with E-state index in [0.29, 0.717) is 30.5 Å². The van der Waals surface area contributed by atoms with Gasteiger partial charge in [0.05, 0.1) is 18.2 Å². The normalized spacial score (nSPS) is 11.4. The van der Waals surface area contributed by atoms with Crippen molar-refractivity contribution in [3.05, 3.63) is 11.5 Å². The van der Waals surface area contributed by atoms with E-state index in [2.05, 4.69) is 39.3 Å². The molecule has 0 bridgehead atoms. The quantitative estimate of drug-likeness (QED) is 0.603. The van der Waals surface area contributed by atoms with Gasteiger partial charge in [-0.05, 0) is 23.9 Å². The molecule has 0 aliphatic carbocycles. The van der Waals surface area contributed by atoms with Crippen molar-refractivity contribution in [3.8, 4) is 0 Å². The molecule has 0 amide bonds. The Hall–Kier alpha value is -1.40. The molecular weight excluding hydrogens is 266 g/mol. The summed E-state index contributed by atoms with van der Waals surface area (Å²) in [5, 5.41) is 10.9. The molecule has 0 radical (unpaired) electrons. The summed E-state index contributed by atoms with van der Waals surface area (Å²) in [5.41, 5.74) is 0.628. The van der Waals surface area contributed by atoms with Crippen molar-refractivity contribution < 1.29 is 4.74 Å². The van der Waals surface area contributed by atoms with Crippen molar-refractivity contribution in [3.63, 3.8) is 0 Å². The maximum atomic E-state index is 5.84. The fourth-order valence-electron chi connectivity index (χ4n) is 1.61. The number of H-pyrrole nitrogens is 1. The molecule has 104 valence electrons. The maximum Gasteiger partial charge on any atom is 0.226 e. The molecule has 2 aromatic heterocycles. The van der Waals surface area contributed by atoms with E-state index in [9.17, 15) is 0 Å². The lowest BCUT2D eigenvalue weighted by molar-refractivity contribution is 0.132. The van der Waals surface area contributed by atoms with Crippen LogP contribution in [0.5, 0.6) is 0 Å². The minimum atomic E-state index is 0.194. The van der Waals surface area contributed by atoms with Crippen LogP contribution < -0.4 is 5.32 Å². The third kappa shape index (κ3) is 4.04. The second-order valence-electron chi connectivity index (χ2n) is 4.70. The Balaban J connectivity index is 1.83. The van der Waals surface area contributed by atoms with Crippen LogP contribution in [0.3, 0.4) is 0 Å². The van der Waals surface area contributed by atoms with Gasteiger partial charge in [-0.15, -0.1) is 0 Å². The molecule has 0 aromatic carbocycles. The molecule has 0 atom stereocenters. The zero-order valence-corrected chi connectivity index (χ0v) is 11.9. The summed E-state index contributed by atoms with van der Waals surface area (Å²) >= 11 is 5.84. The van der Waals surface area contributed by atoms with Gasteiger partial charge < -0.3 is 10.1 Å². The number of hydrogen-bond donors (Lipinski definition) is 2. The number of nitrogens with zero attached hydrogens (tertiary/aromatic N) is 3. The Morgan fingerprint density at radius 3 is 3.00 bits per heavy atom. The van der Waals surface area contributed by atoms with Crippen LogP contribution >= 0.6 is 11.6 Å². The van der Waals surface area contributed by atoms with Crippen molar-refractivity contribution >= 4 is 28.5 Å². The van der Waals surface area contributed by atoms with Gasteiger partial charge in [-0.25, -0.2) is 0 Å². The van der Waals surface area contributed by atoms with Crippen LogP contribution in [-0.4, -0.2) is 39.9 Å². The summed E-state index contributed by atoms with van der Waals surface area (Å²) < 4.78 is 5.53. The molecule has 2 rings (SSSR count). The second-order valence-corrected chi connectivity index (χ2v) is 5.03. The molecule has 2 N–H and O–H groups in total. The zero-order chi connectivity index (χ0) is 13.7. The molecule has 0 unspecified atom stereocenters. The van der Waals surface area contributed by atoms with Crippen LogP contribution in [0.25, 0.3) is 11.0 Å². The predicted octanol–water partition coefficient (Wildman–Crippen LogP) is 2.48. The largest absolute Gasteiger partial charge is 0.380 e. The number of ether oxygens (including phenoxy) is 1. The highest BCUT2D eigenvalue weighted by molar-refractivity contribution is 6.28. The molecule has 0 aliphatic heterocycles. The van der Waals surface area contributed by atoms with Gasteiger partial charge in [0.25, 0.3) is 0 Å². The lowest BCUT2D eigenvalue weighted by Crippen LogP contribution is -2.12. The molecular formula is C12H18ClN5O. The van der Waals surface area contributed by atoms with E-state index in [1.165, 1.54) is 0 Å². The fraction of sp³-hybridized carbons (Fsp3) is 0.583. The topological polar surface area (TPSA) is 75.7 Å². The highest BCUT2D eigenvalue weighted by atomic mass is 35.5. The second kappa shape index (κ2) is 6.68. The van der Waals surface area contributed by atoms with Gasteiger partial charge in [-0.2, -0.15) is 15.1 Å². The van der Waals surface area contributed by atoms with E-state index in [1.54, 1.807) is 6.20 Å². The van der Waals surface area contributed by atoms with E-state index in [1.807, 2.05) is 0 Å². The van der Waals surface area contributed by atoms with Crippen molar-refractivity contribution in [2.75, 3.05) is 25.1 Å². The standard InChI is InChI=1S/C12H18ClN5O/c1-8(2)3-5-19-6-4-14-10-9-7-15-18-11(9)17-12(13)16-10/h7-8H,3-6H2,1-2H3,(H2,14,15,16,17,18). The summed E-state index contributed by atoms with van der Waals surface area (Å²) in [6.07, 6.45) is 2.75. The number of aromatic amines is 1. The monoisotopic (exact) mass is 283 g/mol. The number of halogens is 1. The molecule has 2 heterocycles. The highest BCUT2D eigenvalue weighted by Gasteiger charge is 2.07. The smallest absolute Gasteiger partial charge is 0.226 e. The fourth-order valence-corrected chi connectivity index (χ4v) is 1.77. The molecule has 7 heteroatoms. The Labute approximate surface area is 116 Å². The summed E-state index contributed by atoms with van der Waals surface area (Å²) in [7, 11) is 0. The van der Waals surface area contributed by atoms with Gasteiger partial charge in [-0.1, -0.05) is 13.8 Å². The molecule has 0 aliphatic rings. The summed E-state index contributed by atoms with van der Waals surface area (Å²) in [5.74, 6) is 1.34. The lowest BCUT2D eigenvalue weighted by atomic mass is 10.1. The number of rotatable bonds is 7. The van der Waals surface area contributed by atoms with Crippen molar-refractivity contribution in [2.45, 2.75) is 20.3 Å². The number of anilines is 1. The summed E-state index contributed by atoms with van der Waals surface area (Å²) in [4.78, 5) is 8.19. The van der Waals surface area contributed by atoms with Crippen LogP contribution in [0.4, 0.5) is 5.82 Å².